The van der Waals surface area contributed by atoms with E-state index in [1.807, 2.05) is 24.3 Å². The first-order chi connectivity index (χ1) is 42.4. The van der Waals surface area contributed by atoms with E-state index in [2.05, 4.69) is 240 Å². The summed E-state index contributed by atoms with van der Waals surface area (Å²) in [5.74, 6) is 5.72. The Morgan fingerprint density at radius 3 is 0.625 bits per heavy atom. The zero-order valence-corrected chi connectivity index (χ0v) is 59.3. The molecule has 1 aliphatic rings. The Bertz CT molecular complexity index is 3190. The average Bonchev–Trinajstić information content (AvgIpc) is 1.13. The topological polar surface area (TPSA) is 73.8 Å². The minimum absolute atomic E-state index is 0.237. The van der Waals surface area contributed by atoms with E-state index in [4.69, 9.17) is 37.9 Å². The maximum atomic E-state index is 7.22. The first kappa shape index (κ1) is 66.5. The molecule has 0 N–H and O–H groups in total. The molecular formula is C76H84Br4O8. The van der Waals surface area contributed by atoms with Crippen molar-refractivity contribution in [3.8, 4) is 46.0 Å². The number of hydrogen-bond acceptors (Lipinski definition) is 8. The summed E-state index contributed by atoms with van der Waals surface area (Å²) in [6, 6.07) is 51.0. The van der Waals surface area contributed by atoms with Gasteiger partial charge in [0.15, 0.2) is 0 Å². The van der Waals surface area contributed by atoms with Crippen LogP contribution in [0, 0.1) is 23.7 Å². The molecular weight excluding hydrogens is 1360 g/mol. The van der Waals surface area contributed by atoms with Crippen molar-refractivity contribution >= 4 is 63.7 Å². The highest BCUT2D eigenvalue weighted by Crippen LogP contribution is 2.55. The highest BCUT2D eigenvalue weighted by Gasteiger charge is 2.36. The van der Waals surface area contributed by atoms with E-state index >= 15 is 0 Å². The minimum atomic E-state index is -0.254. The molecule has 464 valence electrons. The number of hydrogen-bond donors (Lipinski definition) is 0. The van der Waals surface area contributed by atoms with Gasteiger partial charge in [-0.15, -0.1) is 0 Å². The summed E-state index contributed by atoms with van der Waals surface area (Å²) in [6.45, 7) is 19.6. The van der Waals surface area contributed by atoms with Crippen molar-refractivity contribution < 1.29 is 37.9 Å². The summed E-state index contributed by atoms with van der Waals surface area (Å²) in [5, 5.41) is 0. The lowest BCUT2D eigenvalue weighted by Crippen LogP contribution is -2.17. The number of methoxy groups -OCH3 is 4. The molecule has 8 aromatic carbocycles. The van der Waals surface area contributed by atoms with Crippen LogP contribution in [0.15, 0.2) is 163 Å². The summed E-state index contributed by atoms with van der Waals surface area (Å²) in [4.78, 5) is 0. The predicted molar refractivity (Wildman–Crippen MR) is 371 cm³/mol. The second-order valence-corrected chi connectivity index (χ2v) is 28.2. The molecule has 8 bridgehead atoms. The van der Waals surface area contributed by atoms with Crippen LogP contribution in [0.4, 0.5) is 0 Å². The fourth-order valence-electron chi connectivity index (χ4n) is 12.4. The van der Waals surface area contributed by atoms with Crippen LogP contribution in [0.1, 0.15) is 172 Å². The van der Waals surface area contributed by atoms with E-state index in [1.165, 1.54) is 0 Å². The quantitative estimate of drug-likeness (QED) is 0.0592. The third-order valence-electron chi connectivity index (χ3n) is 16.6. The van der Waals surface area contributed by atoms with Gasteiger partial charge < -0.3 is 37.9 Å². The van der Waals surface area contributed by atoms with Crippen LogP contribution >= 0.6 is 63.7 Å². The van der Waals surface area contributed by atoms with Crippen molar-refractivity contribution in [3.05, 3.63) is 230 Å². The molecule has 0 fully saturated rings. The molecule has 9 rings (SSSR count). The molecule has 88 heavy (non-hydrogen) atoms. The molecule has 0 saturated heterocycles. The van der Waals surface area contributed by atoms with Gasteiger partial charge in [0, 0.05) is 133 Å². The summed E-state index contributed by atoms with van der Waals surface area (Å²) in [7, 11) is 7.10. The molecule has 0 saturated carbocycles. The Labute approximate surface area is 556 Å². The van der Waals surface area contributed by atoms with Crippen LogP contribution in [-0.4, -0.2) is 28.4 Å². The fraction of sp³-hybridized carbons (Fsp3) is 0.368. The van der Waals surface area contributed by atoms with Gasteiger partial charge in [-0.1, -0.05) is 192 Å². The van der Waals surface area contributed by atoms with E-state index in [0.717, 1.165) is 156 Å². The Morgan fingerprint density at radius 1 is 0.273 bits per heavy atom. The monoisotopic (exact) mass is 1440 g/mol. The van der Waals surface area contributed by atoms with Gasteiger partial charge in [0.25, 0.3) is 0 Å². The van der Waals surface area contributed by atoms with E-state index in [0.29, 0.717) is 26.4 Å². The van der Waals surface area contributed by atoms with Crippen molar-refractivity contribution in [1.82, 2.24) is 0 Å². The largest absolute Gasteiger partial charge is 0.496 e. The zero-order valence-electron chi connectivity index (χ0n) is 52.9. The summed E-state index contributed by atoms with van der Waals surface area (Å²) < 4.78 is 59.5. The molecule has 0 spiro atoms. The third kappa shape index (κ3) is 15.8. The molecule has 0 amide bonds. The summed E-state index contributed by atoms with van der Waals surface area (Å²) >= 11 is 15.4. The number of benzene rings is 8. The lowest BCUT2D eigenvalue weighted by atomic mass is 9.75. The van der Waals surface area contributed by atoms with E-state index in [-0.39, 0.29) is 47.3 Å². The van der Waals surface area contributed by atoms with Crippen molar-refractivity contribution in [3.63, 3.8) is 0 Å². The van der Waals surface area contributed by atoms with Gasteiger partial charge in [0.05, 0.1) is 28.4 Å². The molecule has 0 aliphatic heterocycles. The number of rotatable bonds is 24. The average molecular weight is 1450 g/mol. The van der Waals surface area contributed by atoms with Crippen LogP contribution in [-0.2, 0) is 26.4 Å². The Morgan fingerprint density at radius 2 is 0.455 bits per heavy atom. The van der Waals surface area contributed by atoms with Gasteiger partial charge in [-0.25, -0.2) is 0 Å². The summed E-state index contributed by atoms with van der Waals surface area (Å²) in [6.07, 6.45) is 3.03. The molecule has 12 heteroatoms. The lowest BCUT2D eigenvalue weighted by Gasteiger charge is -2.33. The smallest absolute Gasteiger partial charge is 0.127 e. The standard InChI is InChI=1S/C76H84Br4O8/c1-45(2)29-53-57-33-62(74(37-69(57)81-9)86-42-50-22-14-18-26-66(50)78)55(31-47(5)6)59-35-64(76(39-71(59)83-11)88-44-52-24-16-20-28-68(52)80)56(32-48(7)8)60-36-63(75(40-72(60)84-12)87-43-51-23-15-19-27-67(51)79)54(30-46(3)4)58-34-61(53)73(38-70(58)82-10)85-41-49-21-13-17-25-65(49)77/h13-28,33-40,45-48,53-56H,29-32,41-44H2,1-12H3/t53-,54-,55-,56-/m1/s1. The maximum Gasteiger partial charge on any atom is 0.127 e. The minimum Gasteiger partial charge on any atom is -0.496 e. The summed E-state index contributed by atoms with van der Waals surface area (Å²) in [5.41, 5.74) is 12.3. The second-order valence-electron chi connectivity index (χ2n) is 24.8. The molecule has 4 atom stereocenters. The van der Waals surface area contributed by atoms with Crippen molar-refractivity contribution in [2.45, 2.75) is 131 Å². The van der Waals surface area contributed by atoms with Crippen LogP contribution in [0.25, 0.3) is 0 Å². The Balaban J connectivity index is 1.45. The Kier molecular flexibility index (Phi) is 23.2. The molecule has 0 heterocycles. The third-order valence-corrected chi connectivity index (χ3v) is 19.7. The lowest BCUT2D eigenvalue weighted by molar-refractivity contribution is 0.292. The highest BCUT2D eigenvalue weighted by molar-refractivity contribution is 9.11. The number of fused-ring (bicyclic) bond motifs is 8. The molecule has 0 aromatic heterocycles. The number of ether oxygens (including phenoxy) is 8. The van der Waals surface area contributed by atoms with E-state index < -0.39 is 0 Å². The normalized spacial score (nSPS) is 15.6. The van der Waals surface area contributed by atoms with Crippen LogP contribution < -0.4 is 37.9 Å². The highest BCUT2D eigenvalue weighted by atomic mass is 79.9. The zero-order chi connectivity index (χ0) is 62.8. The molecule has 8 nitrogen and oxygen atoms in total. The number of halogens is 4. The van der Waals surface area contributed by atoms with Gasteiger partial charge >= 0.3 is 0 Å². The predicted octanol–water partition coefficient (Wildman–Crippen LogP) is 22.1. The van der Waals surface area contributed by atoms with E-state index in [1.54, 1.807) is 28.4 Å². The van der Waals surface area contributed by atoms with Gasteiger partial charge in [0.2, 0.25) is 0 Å². The molecule has 0 unspecified atom stereocenters. The first-order valence-corrected chi connectivity index (χ1v) is 33.9. The van der Waals surface area contributed by atoms with Crippen LogP contribution in [0.2, 0.25) is 0 Å². The van der Waals surface area contributed by atoms with Gasteiger partial charge in [-0.3, -0.25) is 0 Å². The first-order valence-electron chi connectivity index (χ1n) is 30.7. The van der Waals surface area contributed by atoms with E-state index in [9.17, 15) is 0 Å². The molecule has 8 aromatic rings. The van der Waals surface area contributed by atoms with Crippen LogP contribution in [0.5, 0.6) is 46.0 Å². The van der Waals surface area contributed by atoms with Gasteiger partial charge in [-0.05, 0) is 97.9 Å². The van der Waals surface area contributed by atoms with Crippen molar-refractivity contribution in [2.75, 3.05) is 28.4 Å². The second kappa shape index (κ2) is 30.7. The maximum absolute atomic E-state index is 7.22. The van der Waals surface area contributed by atoms with Gasteiger partial charge in [0.1, 0.15) is 72.4 Å². The van der Waals surface area contributed by atoms with Crippen LogP contribution in [0.3, 0.4) is 0 Å². The molecule has 0 radical (unpaired) electrons. The Hall–Kier alpha value is -5.92. The van der Waals surface area contributed by atoms with Gasteiger partial charge in [-0.2, -0.15) is 0 Å². The van der Waals surface area contributed by atoms with Crippen molar-refractivity contribution in [1.29, 1.82) is 0 Å². The SMILES string of the molecule is COc1cc(OCc2ccccc2Br)c2cc1[C@@H](CC(C)C)c1cc(c(OC)cc1OCc1ccccc1Br)[C@@H](CC(C)C)c1cc(c(OC)cc1OCc1ccccc1Br)[C@@H](CC(C)C)c1cc(c(OC)cc1OCc1ccccc1Br)[C@H]2CC(C)C. The fourth-order valence-corrected chi connectivity index (χ4v) is 14.0. The van der Waals surface area contributed by atoms with Crippen molar-refractivity contribution in [2.24, 2.45) is 23.7 Å². The molecule has 1 aliphatic carbocycles.